The lowest BCUT2D eigenvalue weighted by atomic mass is 10.3. The Balaban J connectivity index is 3.06. The number of hydrogen-bond donors (Lipinski definition) is 0. The summed E-state index contributed by atoms with van der Waals surface area (Å²) < 4.78 is 24.9. The molecule has 60 valence electrons. The zero-order valence-electron chi connectivity index (χ0n) is 5.68. The summed E-state index contributed by atoms with van der Waals surface area (Å²) in [7, 11) is 0. The fourth-order valence-electron chi connectivity index (χ4n) is 0.548. The van der Waals surface area contributed by atoms with Crippen LogP contribution in [-0.2, 0) is 5.92 Å². The first-order valence-corrected chi connectivity index (χ1v) is 3.25. The monoisotopic (exact) mass is 178 g/mol. The first-order chi connectivity index (χ1) is 5.00. The Kier molecular flexibility index (Phi) is 2.04. The van der Waals surface area contributed by atoms with Crippen molar-refractivity contribution in [2.75, 3.05) is 0 Å². The zero-order chi connectivity index (χ0) is 8.48. The van der Waals surface area contributed by atoms with Crippen LogP contribution < -0.4 is 0 Å². The molecule has 1 aromatic heterocycles. The van der Waals surface area contributed by atoms with Crippen molar-refractivity contribution in [3.8, 4) is 0 Å². The van der Waals surface area contributed by atoms with Gasteiger partial charge in [-0.05, 0) is 6.07 Å². The fourth-order valence-corrected chi connectivity index (χ4v) is 0.685. The van der Waals surface area contributed by atoms with E-state index in [2.05, 4.69) is 9.97 Å². The number of alkyl halides is 2. The van der Waals surface area contributed by atoms with E-state index < -0.39 is 11.7 Å². The van der Waals surface area contributed by atoms with Gasteiger partial charge in [-0.15, -0.1) is 0 Å². The number of rotatable bonds is 1. The van der Waals surface area contributed by atoms with Crippen LogP contribution >= 0.6 is 11.6 Å². The quantitative estimate of drug-likeness (QED) is 0.617. The normalized spacial score (nSPS) is 11.6. The molecule has 0 aliphatic carbocycles. The SMILES string of the molecule is CC(F)(F)c1nccc(Cl)n1. The van der Waals surface area contributed by atoms with E-state index >= 15 is 0 Å². The van der Waals surface area contributed by atoms with Crippen LogP contribution in [-0.4, -0.2) is 9.97 Å². The molecule has 1 aromatic rings. The van der Waals surface area contributed by atoms with Gasteiger partial charge >= 0.3 is 5.92 Å². The molecule has 0 aliphatic heterocycles. The second-order valence-corrected chi connectivity index (χ2v) is 2.48. The molecule has 0 aromatic carbocycles. The highest BCUT2D eigenvalue weighted by Gasteiger charge is 2.27. The van der Waals surface area contributed by atoms with E-state index in [4.69, 9.17) is 11.6 Å². The van der Waals surface area contributed by atoms with Crippen molar-refractivity contribution >= 4 is 11.6 Å². The molecule has 0 amide bonds. The first kappa shape index (κ1) is 8.33. The molecule has 11 heavy (non-hydrogen) atoms. The lowest BCUT2D eigenvalue weighted by Gasteiger charge is -2.06. The highest BCUT2D eigenvalue weighted by molar-refractivity contribution is 6.29. The van der Waals surface area contributed by atoms with Gasteiger partial charge in [0.1, 0.15) is 5.15 Å². The van der Waals surface area contributed by atoms with Gasteiger partial charge in [-0.25, -0.2) is 9.97 Å². The number of nitrogens with zero attached hydrogens (tertiary/aromatic N) is 2. The molecule has 0 unspecified atom stereocenters. The summed E-state index contributed by atoms with van der Waals surface area (Å²) in [4.78, 5) is 6.71. The fraction of sp³-hybridized carbons (Fsp3) is 0.333. The molecule has 0 radical (unpaired) electrons. The molecule has 5 heteroatoms. The van der Waals surface area contributed by atoms with E-state index in [1.807, 2.05) is 0 Å². The van der Waals surface area contributed by atoms with Gasteiger partial charge in [0.2, 0.25) is 0 Å². The summed E-state index contributed by atoms with van der Waals surface area (Å²) in [5, 5.41) is 0.0246. The molecule has 0 fully saturated rings. The van der Waals surface area contributed by atoms with Crippen LogP contribution in [0.5, 0.6) is 0 Å². The van der Waals surface area contributed by atoms with Gasteiger partial charge in [0.25, 0.3) is 0 Å². The van der Waals surface area contributed by atoms with Crippen LogP contribution in [0.3, 0.4) is 0 Å². The van der Waals surface area contributed by atoms with Gasteiger partial charge in [-0.1, -0.05) is 11.6 Å². The third-order valence-corrected chi connectivity index (χ3v) is 1.22. The molecular formula is C6H5ClF2N2. The minimum Gasteiger partial charge on any atom is -0.236 e. The highest BCUT2D eigenvalue weighted by atomic mass is 35.5. The molecule has 0 aliphatic rings. The van der Waals surface area contributed by atoms with Gasteiger partial charge in [-0.3, -0.25) is 0 Å². The summed E-state index contributed by atoms with van der Waals surface area (Å²) in [5.74, 6) is -3.57. The number of halogens is 3. The van der Waals surface area contributed by atoms with E-state index in [1.165, 1.54) is 12.3 Å². The van der Waals surface area contributed by atoms with E-state index in [1.54, 1.807) is 0 Å². The van der Waals surface area contributed by atoms with Crippen LogP contribution in [0.2, 0.25) is 5.15 Å². The van der Waals surface area contributed by atoms with Crippen molar-refractivity contribution < 1.29 is 8.78 Å². The second-order valence-electron chi connectivity index (χ2n) is 2.09. The molecule has 2 nitrogen and oxygen atoms in total. The van der Waals surface area contributed by atoms with Crippen molar-refractivity contribution in [1.29, 1.82) is 0 Å². The average Bonchev–Trinajstić information content (AvgIpc) is 1.86. The minimum atomic E-state index is -3.02. The van der Waals surface area contributed by atoms with Crippen molar-refractivity contribution in [1.82, 2.24) is 9.97 Å². The molecule has 1 rings (SSSR count). The van der Waals surface area contributed by atoms with Gasteiger partial charge in [-0.2, -0.15) is 8.78 Å². The Bertz CT molecular complexity index is 259. The van der Waals surface area contributed by atoms with E-state index in [0.29, 0.717) is 0 Å². The molecule has 1 heterocycles. The Morgan fingerprint density at radius 1 is 1.55 bits per heavy atom. The summed E-state index contributed by atoms with van der Waals surface area (Å²) >= 11 is 5.37. The zero-order valence-corrected chi connectivity index (χ0v) is 6.44. The summed E-state index contributed by atoms with van der Waals surface area (Å²) in [6.07, 6.45) is 1.20. The van der Waals surface area contributed by atoms with E-state index in [9.17, 15) is 8.78 Å². The lowest BCUT2D eigenvalue weighted by molar-refractivity contribution is 0.00768. The standard InChI is InChI=1S/C6H5ClF2N2/c1-6(8,9)5-10-3-2-4(7)11-5/h2-3H,1H3. The third-order valence-electron chi connectivity index (χ3n) is 1.01. The van der Waals surface area contributed by atoms with Gasteiger partial charge < -0.3 is 0 Å². The van der Waals surface area contributed by atoms with Crippen molar-refractivity contribution in [3.05, 3.63) is 23.2 Å². The summed E-state index contributed by atoms with van der Waals surface area (Å²) in [5.41, 5.74) is 0. The van der Waals surface area contributed by atoms with Gasteiger partial charge in [0, 0.05) is 13.1 Å². The molecule has 0 saturated heterocycles. The lowest BCUT2D eigenvalue weighted by Crippen LogP contribution is -2.11. The number of aromatic nitrogens is 2. The van der Waals surface area contributed by atoms with E-state index in [-0.39, 0.29) is 5.15 Å². The molecule has 0 N–H and O–H groups in total. The van der Waals surface area contributed by atoms with Crippen molar-refractivity contribution in [3.63, 3.8) is 0 Å². The molecule has 0 atom stereocenters. The molecular weight excluding hydrogens is 174 g/mol. The molecule has 0 spiro atoms. The molecule has 0 bridgehead atoms. The van der Waals surface area contributed by atoms with Crippen LogP contribution in [0.15, 0.2) is 12.3 Å². The van der Waals surface area contributed by atoms with Gasteiger partial charge in [0.15, 0.2) is 5.82 Å². The predicted molar refractivity (Wildman–Crippen MR) is 36.6 cm³/mol. The predicted octanol–water partition coefficient (Wildman–Crippen LogP) is 2.24. The first-order valence-electron chi connectivity index (χ1n) is 2.87. The Labute approximate surface area is 67.2 Å². The summed E-state index contributed by atoms with van der Waals surface area (Å²) in [6, 6.07) is 1.34. The Morgan fingerprint density at radius 2 is 2.18 bits per heavy atom. The maximum Gasteiger partial charge on any atom is 0.303 e. The topological polar surface area (TPSA) is 25.8 Å². The second kappa shape index (κ2) is 2.70. The highest BCUT2D eigenvalue weighted by Crippen LogP contribution is 2.23. The van der Waals surface area contributed by atoms with Crippen LogP contribution in [0.25, 0.3) is 0 Å². The van der Waals surface area contributed by atoms with Crippen LogP contribution in [0, 0.1) is 0 Å². The van der Waals surface area contributed by atoms with E-state index in [0.717, 1.165) is 6.92 Å². The average molecular weight is 179 g/mol. The summed E-state index contributed by atoms with van der Waals surface area (Å²) in [6.45, 7) is 0.721. The Morgan fingerprint density at radius 3 is 2.55 bits per heavy atom. The Hall–Kier alpha value is -0.770. The van der Waals surface area contributed by atoms with Crippen LogP contribution in [0.4, 0.5) is 8.78 Å². The van der Waals surface area contributed by atoms with Crippen molar-refractivity contribution in [2.45, 2.75) is 12.8 Å². The maximum absolute atomic E-state index is 12.5. The van der Waals surface area contributed by atoms with Crippen LogP contribution in [0.1, 0.15) is 12.7 Å². The van der Waals surface area contributed by atoms with Crippen molar-refractivity contribution in [2.24, 2.45) is 0 Å². The largest absolute Gasteiger partial charge is 0.303 e. The maximum atomic E-state index is 12.5. The smallest absolute Gasteiger partial charge is 0.236 e. The minimum absolute atomic E-state index is 0.0246. The van der Waals surface area contributed by atoms with Gasteiger partial charge in [0.05, 0.1) is 0 Å². The molecule has 0 saturated carbocycles. The number of hydrogen-bond acceptors (Lipinski definition) is 2. The third kappa shape index (κ3) is 2.08.